The van der Waals surface area contributed by atoms with Gasteiger partial charge in [-0.15, -0.1) is 0 Å². The van der Waals surface area contributed by atoms with E-state index in [-0.39, 0.29) is 12.1 Å². The molecule has 3 heterocycles. The largest absolute Gasteiger partial charge is 0.334 e. The van der Waals surface area contributed by atoms with Gasteiger partial charge in [0.15, 0.2) is 0 Å². The molecule has 0 aliphatic carbocycles. The van der Waals surface area contributed by atoms with E-state index >= 15 is 0 Å². The van der Waals surface area contributed by atoms with Gasteiger partial charge < -0.3 is 10.6 Å². The van der Waals surface area contributed by atoms with Gasteiger partial charge in [-0.3, -0.25) is 4.90 Å². The number of nitrogens with one attached hydrogen (secondary N) is 2. The lowest BCUT2D eigenvalue weighted by molar-refractivity contribution is 0.180. The summed E-state index contributed by atoms with van der Waals surface area (Å²) >= 11 is 0. The average Bonchev–Trinajstić information content (AvgIpc) is 3.26. The molecule has 2 saturated heterocycles. The minimum atomic E-state index is -0.120. The first-order chi connectivity index (χ1) is 11.8. The van der Waals surface area contributed by atoms with Crippen LogP contribution in [0, 0.1) is 0 Å². The summed E-state index contributed by atoms with van der Waals surface area (Å²) in [6.45, 7) is 2.28. The van der Waals surface area contributed by atoms with Crippen LogP contribution in [0.5, 0.6) is 0 Å². The fourth-order valence-electron chi connectivity index (χ4n) is 3.90. The molecule has 126 valence electrons. The molecule has 24 heavy (non-hydrogen) atoms. The summed E-state index contributed by atoms with van der Waals surface area (Å²) in [7, 11) is 0. The van der Waals surface area contributed by atoms with E-state index in [1.807, 2.05) is 36.5 Å². The van der Waals surface area contributed by atoms with Gasteiger partial charge in [-0.1, -0.05) is 12.5 Å². The molecular weight excluding hydrogens is 302 g/mol. The number of rotatable bonds is 3. The number of aromatic nitrogens is 2. The van der Waals surface area contributed by atoms with Gasteiger partial charge in [-0.25, -0.2) is 9.48 Å². The summed E-state index contributed by atoms with van der Waals surface area (Å²) in [5, 5.41) is 10.3. The minimum Gasteiger partial charge on any atom is -0.334 e. The van der Waals surface area contributed by atoms with Crippen LogP contribution in [0.15, 0.2) is 42.7 Å². The Labute approximate surface area is 141 Å². The second-order valence-corrected chi connectivity index (χ2v) is 6.59. The number of carbonyl (C=O) groups is 1. The van der Waals surface area contributed by atoms with Gasteiger partial charge in [0.1, 0.15) is 0 Å². The fourth-order valence-corrected chi connectivity index (χ4v) is 3.90. The zero-order chi connectivity index (χ0) is 16.4. The van der Waals surface area contributed by atoms with Crippen molar-refractivity contribution < 1.29 is 4.79 Å². The van der Waals surface area contributed by atoms with Crippen molar-refractivity contribution in [2.75, 3.05) is 18.4 Å². The van der Waals surface area contributed by atoms with Crippen molar-refractivity contribution >= 4 is 11.7 Å². The Morgan fingerprint density at radius 1 is 1.17 bits per heavy atom. The molecule has 2 aliphatic heterocycles. The monoisotopic (exact) mass is 325 g/mol. The maximum absolute atomic E-state index is 12.4. The first-order valence-electron chi connectivity index (χ1n) is 8.71. The van der Waals surface area contributed by atoms with Crippen molar-refractivity contribution in [3.63, 3.8) is 0 Å². The lowest BCUT2D eigenvalue weighted by Gasteiger charge is -2.32. The molecule has 0 bridgehead atoms. The quantitative estimate of drug-likeness (QED) is 0.912. The molecule has 0 unspecified atom stereocenters. The minimum absolute atomic E-state index is 0.120. The van der Waals surface area contributed by atoms with E-state index in [1.54, 1.807) is 10.9 Å². The van der Waals surface area contributed by atoms with Crippen molar-refractivity contribution in [1.82, 2.24) is 20.0 Å². The highest BCUT2D eigenvalue weighted by Gasteiger charge is 2.36. The Hall–Kier alpha value is -2.34. The van der Waals surface area contributed by atoms with E-state index in [2.05, 4.69) is 20.6 Å². The lowest BCUT2D eigenvalue weighted by Crippen LogP contribution is -2.47. The highest BCUT2D eigenvalue weighted by atomic mass is 16.2. The number of hydrogen-bond donors (Lipinski definition) is 2. The maximum atomic E-state index is 12.4. The van der Waals surface area contributed by atoms with Gasteiger partial charge in [-0.05, 0) is 50.1 Å². The Bertz CT molecular complexity index is 699. The SMILES string of the molecule is O=C(Nc1cccc(-n2cccn2)c1)N[C@@H]1CCN2CCCC[C@@H]12. The summed E-state index contributed by atoms with van der Waals surface area (Å²) < 4.78 is 1.78. The lowest BCUT2D eigenvalue weighted by atomic mass is 9.99. The highest BCUT2D eigenvalue weighted by molar-refractivity contribution is 5.89. The zero-order valence-electron chi connectivity index (χ0n) is 13.7. The number of piperidine rings is 1. The van der Waals surface area contributed by atoms with Crippen LogP contribution in [0.1, 0.15) is 25.7 Å². The number of carbonyl (C=O) groups excluding carboxylic acids is 1. The molecule has 1 aromatic heterocycles. The third-order valence-electron chi connectivity index (χ3n) is 5.05. The topological polar surface area (TPSA) is 62.2 Å². The molecule has 2 amide bonds. The van der Waals surface area contributed by atoms with Crippen LogP contribution >= 0.6 is 0 Å². The Balaban J connectivity index is 1.39. The molecule has 2 fully saturated rings. The Morgan fingerprint density at radius 3 is 3.00 bits per heavy atom. The van der Waals surface area contributed by atoms with Gasteiger partial charge >= 0.3 is 6.03 Å². The third kappa shape index (κ3) is 3.14. The van der Waals surface area contributed by atoms with Crippen molar-refractivity contribution in [2.45, 2.75) is 37.8 Å². The molecule has 2 N–H and O–H groups in total. The van der Waals surface area contributed by atoms with E-state index in [0.29, 0.717) is 6.04 Å². The summed E-state index contributed by atoms with van der Waals surface area (Å²) in [4.78, 5) is 14.9. The van der Waals surface area contributed by atoms with E-state index in [4.69, 9.17) is 0 Å². The first kappa shape index (κ1) is 15.2. The van der Waals surface area contributed by atoms with Crippen LogP contribution in [0.2, 0.25) is 0 Å². The molecule has 0 saturated carbocycles. The van der Waals surface area contributed by atoms with E-state index in [1.165, 1.54) is 25.8 Å². The number of urea groups is 1. The second-order valence-electron chi connectivity index (χ2n) is 6.59. The number of anilines is 1. The van der Waals surface area contributed by atoms with Crippen LogP contribution in [0.3, 0.4) is 0 Å². The summed E-state index contributed by atoms with van der Waals surface area (Å²) in [6, 6.07) is 10.2. The normalized spacial score (nSPS) is 23.7. The van der Waals surface area contributed by atoms with Crippen molar-refractivity contribution in [2.24, 2.45) is 0 Å². The second kappa shape index (κ2) is 6.65. The van der Waals surface area contributed by atoms with Gasteiger partial charge in [-0.2, -0.15) is 5.10 Å². The molecule has 6 heteroatoms. The third-order valence-corrected chi connectivity index (χ3v) is 5.05. The molecule has 4 rings (SSSR count). The smallest absolute Gasteiger partial charge is 0.319 e. The summed E-state index contributed by atoms with van der Waals surface area (Å²) in [5.74, 6) is 0. The van der Waals surface area contributed by atoms with Gasteiger partial charge in [0.2, 0.25) is 0 Å². The predicted molar refractivity (Wildman–Crippen MR) is 93.3 cm³/mol. The average molecular weight is 325 g/mol. The summed E-state index contributed by atoms with van der Waals surface area (Å²) in [5.41, 5.74) is 1.70. The molecule has 1 aromatic carbocycles. The number of fused-ring (bicyclic) bond motifs is 1. The molecule has 2 atom stereocenters. The van der Waals surface area contributed by atoms with Crippen LogP contribution in [-0.4, -0.2) is 45.9 Å². The van der Waals surface area contributed by atoms with E-state index in [9.17, 15) is 4.79 Å². The van der Waals surface area contributed by atoms with Gasteiger partial charge in [0.25, 0.3) is 0 Å². The van der Waals surface area contributed by atoms with Crippen molar-refractivity contribution in [1.29, 1.82) is 0 Å². The number of amides is 2. The summed E-state index contributed by atoms with van der Waals surface area (Å²) in [6.07, 6.45) is 8.42. The van der Waals surface area contributed by atoms with E-state index in [0.717, 1.165) is 24.3 Å². The van der Waals surface area contributed by atoms with Crippen molar-refractivity contribution in [3.8, 4) is 5.69 Å². The molecule has 2 aliphatic rings. The van der Waals surface area contributed by atoms with E-state index < -0.39 is 0 Å². The number of hydrogen-bond acceptors (Lipinski definition) is 3. The molecule has 0 radical (unpaired) electrons. The number of nitrogens with zero attached hydrogens (tertiary/aromatic N) is 3. The first-order valence-corrected chi connectivity index (χ1v) is 8.71. The standard InChI is InChI=1S/C18H23N5O/c24-18(21-16-8-12-22-10-2-1-7-17(16)22)20-14-5-3-6-15(13-14)23-11-4-9-19-23/h3-6,9,11,13,16-17H,1-2,7-8,10,12H2,(H2,20,21,24)/t16-,17+/m1/s1. The van der Waals surface area contributed by atoms with Crippen LogP contribution < -0.4 is 10.6 Å². The predicted octanol–water partition coefficient (Wildman–Crippen LogP) is 2.62. The van der Waals surface area contributed by atoms with Crippen molar-refractivity contribution in [3.05, 3.63) is 42.7 Å². The van der Waals surface area contributed by atoms with Gasteiger partial charge in [0, 0.05) is 36.7 Å². The fraction of sp³-hybridized carbons (Fsp3) is 0.444. The Morgan fingerprint density at radius 2 is 2.12 bits per heavy atom. The molecule has 2 aromatic rings. The number of benzene rings is 1. The molecule has 0 spiro atoms. The molecule has 6 nitrogen and oxygen atoms in total. The van der Waals surface area contributed by atoms with Gasteiger partial charge in [0.05, 0.1) is 5.69 Å². The van der Waals surface area contributed by atoms with Crippen LogP contribution in [-0.2, 0) is 0 Å². The van der Waals surface area contributed by atoms with Crippen LogP contribution in [0.4, 0.5) is 10.5 Å². The maximum Gasteiger partial charge on any atom is 0.319 e. The highest BCUT2D eigenvalue weighted by Crippen LogP contribution is 2.27. The van der Waals surface area contributed by atoms with Crippen LogP contribution in [0.25, 0.3) is 5.69 Å². The zero-order valence-corrected chi connectivity index (χ0v) is 13.7. The Kier molecular flexibility index (Phi) is 4.21. The molecular formula is C18H23N5O.